The molecule has 0 aliphatic carbocycles. The number of rotatable bonds is 5. The van der Waals surface area contributed by atoms with E-state index >= 15 is 0 Å². The molecule has 1 amide bonds. The monoisotopic (exact) mass is 326 g/mol. The van der Waals surface area contributed by atoms with Crippen LogP contribution in [0.4, 0.5) is 10.1 Å². The largest absolute Gasteiger partial charge is 0.325 e. The van der Waals surface area contributed by atoms with Crippen LogP contribution in [0.25, 0.3) is 0 Å². The Hall–Kier alpha value is -2.26. The molecule has 0 saturated carbocycles. The van der Waals surface area contributed by atoms with E-state index in [4.69, 9.17) is 0 Å². The SMILES string of the molecule is Cc1n[nH]c(C)c1S(=O)(=O)NCC(=O)Nc1ccc(F)cc1. The Morgan fingerprint density at radius 2 is 1.91 bits per heavy atom. The van der Waals surface area contributed by atoms with Gasteiger partial charge in [-0.25, -0.2) is 17.5 Å². The molecule has 2 rings (SSSR count). The highest BCUT2D eigenvalue weighted by atomic mass is 32.2. The number of nitrogens with one attached hydrogen (secondary N) is 3. The first kappa shape index (κ1) is 16.1. The zero-order valence-corrected chi connectivity index (χ0v) is 12.8. The number of H-pyrrole nitrogens is 1. The first-order valence-corrected chi connectivity index (χ1v) is 7.84. The summed E-state index contributed by atoms with van der Waals surface area (Å²) in [5, 5.41) is 8.84. The molecular weight excluding hydrogens is 311 g/mol. The Morgan fingerprint density at radius 1 is 1.27 bits per heavy atom. The molecule has 1 aromatic heterocycles. The topological polar surface area (TPSA) is 104 Å². The Morgan fingerprint density at radius 3 is 2.45 bits per heavy atom. The summed E-state index contributed by atoms with van der Waals surface area (Å²) in [6.07, 6.45) is 0. The third-order valence-corrected chi connectivity index (χ3v) is 4.54. The van der Waals surface area contributed by atoms with Crippen LogP contribution in [0.1, 0.15) is 11.4 Å². The van der Waals surface area contributed by atoms with Crippen LogP contribution in [0, 0.1) is 19.7 Å². The fraction of sp³-hybridized carbons (Fsp3) is 0.231. The minimum Gasteiger partial charge on any atom is -0.325 e. The van der Waals surface area contributed by atoms with Gasteiger partial charge in [0.25, 0.3) is 0 Å². The number of aromatic nitrogens is 2. The van der Waals surface area contributed by atoms with Gasteiger partial charge in [0.1, 0.15) is 10.7 Å². The van der Waals surface area contributed by atoms with Crippen LogP contribution in [0.3, 0.4) is 0 Å². The van der Waals surface area contributed by atoms with Crippen LogP contribution in [0.15, 0.2) is 29.2 Å². The quantitative estimate of drug-likeness (QED) is 0.765. The second-order valence-electron chi connectivity index (χ2n) is 4.64. The summed E-state index contributed by atoms with van der Waals surface area (Å²) in [5.41, 5.74) is 1.09. The van der Waals surface area contributed by atoms with Crippen LogP contribution in [-0.4, -0.2) is 31.1 Å². The van der Waals surface area contributed by atoms with Crippen molar-refractivity contribution in [2.75, 3.05) is 11.9 Å². The highest BCUT2D eigenvalue weighted by Crippen LogP contribution is 2.16. The van der Waals surface area contributed by atoms with Gasteiger partial charge in [-0.2, -0.15) is 5.10 Å². The number of halogens is 1. The van der Waals surface area contributed by atoms with Crippen LogP contribution in [-0.2, 0) is 14.8 Å². The first-order chi connectivity index (χ1) is 10.3. The third kappa shape index (κ3) is 3.68. The number of nitrogens with zero attached hydrogens (tertiary/aromatic N) is 1. The van der Waals surface area contributed by atoms with E-state index in [9.17, 15) is 17.6 Å². The predicted molar refractivity (Wildman–Crippen MR) is 78.3 cm³/mol. The van der Waals surface area contributed by atoms with Crippen LogP contribution in [0.2, 0.25) is 0 Å². The average Bonchev–Trinajstić information content (AvgIpc) is 2.79. The second-order valence-corrected chi connectivity index (χ2v) is 6.35. The molecule has 1 aromatic carbocycles. The van der Waals surface area contributed by atoms with E-state index < -0.39 is 28.3 Å². The van der Waals surface area contributed by atoms with Crippen LogP contribution < -0.4 is 10.0 Å². The van der Waals surface area contributed by atoms with Crippen molar-refractivity contribution in [3.8, 4) is 0 Å². The van der Waals surface area contributed by atoms with Crippen molar-refractivity contribution < 1.29 is 17.6 Å². The van der Waals surface area contributed by atoms with Crippen molar-refractivity contribution in [2.45, 2.75) is 18.7 Å². The average molecular weight is 326 g/mol. The Balaban J connectivity index is 2.00. The number of hydrogen-bond acceptors (Lipinski definition) is 4. The molecule has 0 fully saturated rings. The molecule has 0 bridgehead atoms. The van der Waals surface area contributed by atoms with E-state index in [2.05, 4.69) is 20.2 Å². The van der Waals surface area contributed by atoms with E-state index in [-0.39, 0.29) is 4.90 Å². The van der Waals surface area contributed by atoms with E-state index in [1.165, 1.54) is 24.3 Å². The summed E-state index contributed by atoms with van der Waals surface area (Å²) >= 11 is 0. The minimum absolute atomic E-state index is 0.0297. The minimum atomic E-state index is -3.84. The molecular formula is C13H15FN4O3S. The maximum atomic E-state index is 12.7. The van der Waals surface area contributed by atoms with Gasteiger partial charge in [0.15, 0.2) is 0 Å². The van der Waals surface area contributed by atoms with Crippen molar-refractivity contribution in [1.29, 1.82) is 0 Å². The zero-order valence-electron chi connectivity index (χ0n) is 12.0. The van der Waals surface area contributed by atoms with Gasteiger partial charge in [-0.15, -0.1) is 0 Å². The molecule has 0 atom stereocenters. The lowest BCUT2D eigenvalue weighted by Crippen LogP contribution is -2.33. The number of aromatic amines is 1. The van der Waals surface area contributed by atoms with Gasteiger partial charge in [0, 0.05) is 5.69 Å². The molecule has 7 nitrogen and oxygen atoms in total. The summed E-state index contributed by atoms with van der Waals surface area (Å²) in [6.45, 7) is 2.69. The highest BCUT2D eigenvalue weighted by Gasteiger charge is 2.22. The lowest BCUT2D eigenvalue weighted by atomic mass is 10.3. The van der Waals surface area contributed by atoms with Crippen molar-refractivity contribution in [1.82, 2.24) is 14.9 Å². The highest BCUT2D eigenvalue weighted by molar-refractivity contribution is 7.89. The number of anilines is 1. The molecule has 1 heterocycles. The fourth-order valence-corrected chi connectivity index (χ4v) is 3.26. The van der Waals surface area contributed by atoms with Gasteiger partial charge in [0.05, 0.1) is 17.9 Å². The number of benzene rings is 1. The van der Waals surface area contributed by atoms with Crippen LogP contribution >= 0.6 is 0 Å². The number of hydrogen-bond donors (Lipinski definition) is 3. The van der Waals surface area contributed by atoms with Gasteiger partial charge in [-0.3, -0.25) is 9.89 Å². The van der Waals surface area contributed by atoms with Gasteiger partial charge in [-0.05, 0) is 38.1 Å². The van der Waals surface area contributed by atoms with E-state index in [1.807, 2.05) is 0 Å². The molecule has 3 N–H and O–H groups in total. The van der Waals surface area contributed by atoms with Gasteiger partial charge < -0.3 is 5.32 Å². The molecule has 0 spiro atoms. The van der Waals surface area contributed by atoms with Gasteiger partial charge in [-0.1, -0.05) is 0 Å². The van der Waals surface area contributed by atoms with Gasteiger partial charge >= 0.3 is 0 Å². The first-order valence-electron chi connectivity index (χ1n) is 6.36. The molecule has 9 heteroatoms. The summed E-state index contributed by atoms with van der Waals surface area (Å²) in [7, 11) is -3.84. The Kier molecular flexibility index (Phi) is 4.57. The number of aryl methyl sites for hydroxylation is 2. The van der Waals surface area contributed by atoms with Crippen molar-refractivity contribution in [3.05, 3.63) is 41.5 Å². The lowest BCUT2D eigenvalue weighted by Gasteiger charge is -2.08. The van der Waals surface area contributed by atoms with Crippen molar-refractivity contribution in [3.63, 3.8) is 0 Å². The fourth-order valence-electron chi connectivity index (χ4n) is 1.91. The normalized spacial score (nSPS) is 11.4. The smallest absolute Gasteiger partial charge is 0.244 e. The molecule has 2 aromatic rings. The number of carbonyl (C=O) groups excluding carboxylic acids is 1. The number of sulfonamides is 1. The Labute approximate surface area is 127 Å². The lowest BCUT2D eigenvalue weighted by molar-refractivity contribution is -0.115. The summed E-state index contributed by atoms with van der Waals surface area (Å²) in [5.74, 6) is -0.987. The molecule has 118 valence electrons. The molecule has 0 aliphatic heterocycles. The molecule has 0 aliphatic rings. The standard InChI is InChI=1S/C13H15FN4O3S/c1-8-13(9(2)18-17-8)22(20,21)15-7-12(19)16-11-5-3-10(14)4-6-11/h3-6,15H,7H2,1-2H3,(H,16,19)(H,17,18). The molecule has 0 saturated heterocycles. The maximum absolute atomic E-state index is 12.7. The summed E-state index contributed by atoms with van der Waals surface area (Å²) in [4.78, 5) is 11.8. The van der Waals surface area contributed by atoms with E-state index in [0.29, 0.717) is 17.1 Å². The predicted octanol–water partition coefficient (Wildman–Crippen LogP) is 1.08. The molecule has 0 radical (unpaired) electrons. The number of carbonyl (C=O) groups is 1. The van der Waals surface area contributed by atoms with Crippen molar-refractivity contribution in [2.24, 2.45) is 0 Å². The maximum Gasteiger partial charge on any atom is 0.244 e. The van der Waals surface area contributed by atoms with Crippen LogP contribution in [0.5, 0.6) is 0 Å². The van der Waals surface area contributed by atoms with E-state index in [0.717, 1.165) is 0 Å². The number of amides is 1. The molecule has 0 unspecified atom stereocenters. The summed E-state index contributed by atoms with van der Waals surface area (Å²) in [6, 6.07) is 5.15. The van der Waals surface area contributed by atoms with E-state index in [1.54, 1.807) is 13.8 Å². The third-order valence-electron chi connectivity index (χ3n) is 2.88. The van der Waals surface area contributed by atoms with Gasteiger partial charge in [0.2, 0.25) is 15.9 Å². The van der Waals surface area contributed by atoms with Crippen molar-refractivity contribution >= 4 is 21.6 Å². The summed E-state index contributed by atoms with van der Waals surface area (Å²) < 4.78 is 39.2. The molecule has 22 heavy (non-hydrogen) atoms. The zero-order chi connectivity index (χ0) is 16.3. The Bertz CT molecular complexity index is 765. The second kappa shape index (κ2) is 6.24.